The Labute approximate surface area is 90.9 Å². The van der Waals surface area contributed by atoms with Gasteiger partial charge in [-0.25, -0.2) is 0 Å². The molecule has 0 spiro atoms. The zero-order chi connectivity index (χ0) is 10.5. The van der Waals surface area contributed by atoms with E-state index in [0.29, 0.717) is 12.1 Å². The molecular weight excluding hydrogens is 188 g/mol. The molecule has 1 N–H and O–H groups in total. The number of nitrogens with zero attached hydrogens (tertiary/aromatic N) is 1. The summed E-state index contributed by atoms with van der Waals surface area (Å²) in [6, 6.07) is 6.57. The molecule has 0 amide bonds. The Hall–Kier alpha value is -0.930. The molecule has 1 aliphatic rings. The van der Waals surface area contributed by atoms with Crippen molar-refractivity contribution in [3.05, 3.63) is 30.1 Å². The van der Waals surface area contributed by atoms with Gasteiger partial charge in [0.25, 0.3) is 0 Å². The molecule has 3 heteroatoms. The van der Waals surface area contributed by atoms with Crippen molar-refractivity contribution in [2.24, 2.45) is 0 Å². The number of rotatable bonds is 4. The van der Waals surface area contributed by atoms with Crippen molar-refractivity contribution < 1.29 is 4.74 Å². The first-order valence-electron chi connectivity index (χ1n) is 5.61. The molecule has 0 unspecified atom stereocenters. The van der Waals surface area contributed by atoms with Crippen LogP contribution in [0.25, 0.3) is 0 Å². The maximum absolute atomic E-state index is 5.49. The van der Waals surface area contributed by atoms with Crippen LogP contribution in [0.3, 0.4) is 0 Å². The molecule has 0 saturated carbocycles. The van der Waals surface area contributed by atoms with Crippen molar-refractivity contribution >= 4 is 0 Å². The summed E-state index contributed by atoms with van der Waals surface area (Å²) in [6.45, 7) is 4.00. The normalized spacial score (nSPS) is 25.7. The fraction of sp³-hybridized carbons (Fsp3) is 0.583. The Kier molecular flexibility index (Phi) is 3.69. The lowest BCUT2D eigenvalue weighted by Crippen LogP contribution is -2.36. The first-order chi connectivity index (χ1) is 7.36. The third-order valence-corrected chi connectivity index (χ3v) is 2.89. The van der Waals surface area contributed by atoms with Crippen molar-refractivity contribution in [2.75, 3.05) is 13.2 Å². The van der Waals surface area contributed by atoms with E-state index in [4.69, 9.17) is 4.74 Å². The number of ether oxygens (including phenoxy) is 1. The highest BCUT2D eigenvalue weighted by Crippen LogP contribution is 2.12. The second-order valence-corrected chi connectivity index (χ2v) is 4.00. The molecule has 15 heavy (non-hydrogen) atoms. The number of aromatic nitrogens is 1. The van der Waals surface area contributed by atoms with E-state index in [1.807, 2.05) is 18.3 Å². The lowest BCUT2D eigenvalue weighted by atomic mass is 10.1. The molecular formula is C12H18N2O. The van der Waals surface area contributed by atoms with Crippen LogP contribution in [0, 0.1) is 0 Å². The van der Waals surface area contributed by atoms with Crippen molar-refractivity contribution in [2.45, 2.75) is 31.9 Å². The first kappa shape index (κ1) is 10.6. The highest BCUT2D eigenvalue weighted by atomic mass is 16.5. The standard InChI is InChI=1S/C12H18N2O/c1-10-12(6-9-15-10)14-8-5-11-4-2-3-7-13-11/h2-4,7,10,12,14H,5-6,8-9H2,1H3/t10-,12-/m1/s1. The van der Waals surface area contributed by atoms with Crippen molar-refractivity contribution in [1.29, 1.82) is 0 Å². The zero-order valence-corrected chi connectivity index (χ0v) is 9.15. The van der Waals surface area contributed by atoms with Gasteiger partial charge in [0.15, 0.2) is 0 Å². The van der Waals surface area contributed by atoms with Crippen LogP contribution in [-0.2, 0) is 11.2 Å². The van der Waals surface area contributed by atoms with E-state index in [1.54, 1.807) is 0 Å². The van der Waals surface area contributed by atoms with Gasteiger partial charge in [-0.3, -0.25) is 4.98 Å². The molecule has 0 bridgehead atoms. The predicted molar refractivity (Wildman–Crippen MR) is 59.8 cm³/mol. The summed E-state index contributed by atoms with van der Waals surface area (Å²) in [7, 11) is 0. The summed E-state index contributed by atoms with van der Waals surface area (Å²) >= 11 is 0. The van der Waals surface area contributed by atoms with Crippen molar-refractivity contribution in [3.63, 3.8) is 0 Å². The second-order valence-electron chi connectivity index (χ2n) is 4.00. The van der Waals surface area contributed by atoms with Crippen molar-refractivity contribution in [1.82, 2.24) is 10.3 Å². The predicted octanol–water partition coefficient (Wildman–Crippen LogP) is 1.39. The van der Waals surface area contributed by atoms with Gasteiger partial charge < -0.3 is 10.1 Å². The molecule has 3 nitrogen and oxygen atoms in total. The molecule has 2 rings (SSSR count). The minimum Gasteiger partial charge on any atom is -0.377 e. The van der Waals surface area contributed by atoms with E-state index in [2.05, 4.69) is 23.3 Å². The molecule has 1 aromatic heterocycles. The monoisotopic (exact) mass is 206 g/mol. The lowest BCUT2D eigenvalue weighted by molar-refractivity contribution is 0.113. The van der Waals surface area contributed by atoms with Crippen LogP contribution in [-0.4, -0.2) is 30.3 Å². The molecule has 0 aromatic carbocycles. The molecule has 1 saturated heterocycles. The molecule has 2 heterocycles. The van der Waals surface area contributed by atoms with Crippen molar-refractivity contribution in [3.8, 4) is 0 Å². The lowest BCUT2D eigenvalue weighted by Gasteiger charge is -2.15. The number of pyridine rings is 1. The van der Waals surface area contributed by atoms with E-state index in [-0.39, 0.29) is 0 Å². The summed E-state index contributed by atoms with van der Waals surface area (Å²) in [4.78, 5) is 4.29. The summed E-state index contributed by atoms with van der Waals surface area (Å²) in [5, 5.41) is 3.51. The molecule has 0 aliphatic carbocycles. The van der Waals surface area contributed by atoms with Gasteiger partial charge in [0.2, 0.25) is 0 Å². The van der Waals surface area contributed by atoms with Gasteiger partial charge in [-0.15, -0.1) is 0 Å². The van der Waals surface area contributed by atoms with Gasteiger partial charge in [-0.2, -0.15) is 0 Å². The highest BCUT2D eigenvalue weighted by molar-refractivity contribution is 5.03. The van der Waals surface area contributed by atoms with Crippen LogP contribution in [0.5, 0.6) is 0 Å². The van der Waals surface area contributed by atoms with Gasteiger partial charge in [0.1, 0.15) is 0 Å². The fourth-order valence-electron chi connectivity index (χ4n) is 1.93. The molecule has 2 atom stereocenters. The Morgan fingerprint density at radius 3 is 3.13 bits per heavy atom. The average Bonchev–Trinajstić information content (AvgIpc) is 2.66. The maximum Gasteiger partial charge on any atom is 0.0700 e. The number of hydrogen-bond acceptors (Lipinski definition) is 3. The number of hydrogen-bond donors (Lipinski definition) is 1. The minimum atomic E-state index is 0.355. The van der Waals surface area contributed by atoms with Gasteiger partial charge in [0.05, 0.1) is 6.10 Å². The summed E-state index contributed by atoms with van der Waals surface area (Å²) in [5.74, 6) is 0. The van der Waals surface area contributed by atoms with Crippen LogP contribution >= 0.6 is 0 Å². The number of nitrogens with one attached hydrogen (secondary N) is 1. The van der Waals surface area contributed by atoms with Crippen LogP contribution in [0.2, 0.25) is 0 Å². The van der Waals surface area contributed by atoms with Crippen LogP contribution in [0.1, 0.15) is 19.0 Å². The third-order valence-electron chi connectivity index (χ3n) is 2.89. The van der Waals surface area contributed by atoms with E-state index in [1.165, 1.54) is 0 Å². The van der Waals surface area contributed by atoms with E-state index in [9.17, 15) is 0 Å². The molecule has 1 aromatic rings. The van der Waals surface area contributed by atoms with Gasteiger partial charge >= 0.3 is 0 Å². The summed E-state index contributed by atoms with van der Waals surface area (Å²) < 4.78 is 5.49. The van der Waals surface area contributed by atoms with Crippen LogP contribution in [0.4, 0.5) is 0 Å². The average molecular weight is 206 g/mol. The Morgan fingerprint density at radius 1 is 1.53 bits per heavy atom. The topological polar surface area (TPSA) is 34.1 Å². The van der Waals surface area contributed by atoms with E-state index in [0.717, 1.165) is 31.7 Å². The maximum atomic E-state index is 5.49. The zero-order valence-electron chi connectivity index (χ0n) is 9.15. The summed E-state index contributed by atoms with van der Waals surface area (Å²) in [6.07, 6.45) is 4.32. The SMILES string of the molecule is C[C@H]1OCC[C@H]1NCCc1ccccn1. The molecule has 82 valence electrons. The van der Waals surface area contributed by atoms with Gasteiger partial charge in [-0.1, -0.05) is 6.07 Å². The quantitative estimate of drug-likeness (QED) is 0.808. The first-order valence-corrected chi connectivity index (χ1v) is 5.61. The highest BCUT2D eigenvalue weighted by Gasteiger charge is 2.22. The smallest absolute Gasteiger partial charge is 0.0700 e. The van der Waals surface area contributed by atoms with Crippen LogP contribution in [0.15, 0.2) is 24.4 Å². The van der Waals surface area contributed by atoms with Gasteiger partial charge in [-0.05, 0) is 25.5 Å². The Bertz CT molecular complexity index is 289. The molecule has 1 fully saturated rings. The Morgan fingerprint density at radius 2 is 2.47 bits per heavy atom. The molecule has 0 radical (unpaired) electrons. The van der Waals surface area contributed by atoms with E-state index < -0.39 is 0 Å². The fourth-order valence-corrected chi connectivity index (χ4v) is 1.93. The largest absolute Gasteiger partial charge is 0.377 e. The summed E-state index contributed by atoms with van der Waals surface area (Å²) in [5.41, 5.74) is 1.15. The molecule has 1 aliphatic heterocycles. The third kappa shape index (κ3) is 3.01. The second kappa shape index (κ2) is 5.24. The van der Waals surface area contributed by atoms with Crippen LogP contribution < -0.4 is 5.32 Å². The van der Waals surface area contributed by atoms with Gasteiger partial charge in [0, 0.05) is 37.5 Å². The van der Waals surface area contributed by atoms with E-state index >= 15 is 0 Å². The Balaban J connectivity index is 1.71. The minimum absolute atomic E-state index is 0.355.